The number of benzene rings is 1. The zero-order valence-electron chi connectivity index (χ0n) is 11.8. The Balaban J connectivity index is 2.69. The van der Waals surface area contributed by atoms with Crippen LogP contribution in [0.1, 0.15) is 20.8 Å². The summed E-state index contributed by atoms with van der Waals surface area (Å²) in [6, 6.07) is 5.01. The fraction of sp³-hybridized carbons (Fsp3) is 0.538. The number of nitrogens with two attached hydrogens (primary N) is 1. The summed E-state index contributed by atoms with van der Waals surface area (Å²) in [5.74, 6) is 0.999. The SMILES string of the molecule is COc1ccc(N)c(OCCS(=O)(=O)C(C)(C)C)c1. The van der Waals surface area contributed by atoms with Crippen molar-refractivity contribution in [2.45, 2.75) is 25.5 Å². The molecular weight excluding hydrogens is 266 g/mol. The van der Waals surface area contributed by atoms with Crippen LogP contribution in [0.3, 0.4) is 0 Å². The highest BCUT2D eigenvalue weighted by atomic mass is 32.2. The van der Waals surface area contributed by atoms with Crippen molar-refractivity contribution in [1.82, 2.24) is 0 Å². The van der Waals surface area contributed by atoms with Crippen LogP contribution in [0.2, 0.25) is 0 Å². The molecule has 19 heavy (non-hydrogen) atoms. The van der Waals surface area contributed by atoms with Crippen molar-refractivity contribution in [2.24, 2.45) is 0 Å². The summed E-state index contributed by atoms with van der Waals surface area (Å²) in [5.41, 5.74) is 6.20. The topological polar surface area (TPSA) is 78.6 Å². The number of sulfone groups is 1. The molecule has 0 bridgehead atoms. The van der Waals surface area contributed by atoms with Crippen molar-refractivity contribution in [3.8, 4) is 11.5 Å². The Morgan fingerprint density at radius 1 is 1.26 bits per heavy atom. The summed E-state index contributed by atoms with van der Waals surface area (Å²) in [7, 11) is -1.65. The number of methoxy groups -OCH3 is 1. The van der Waals surface area contributed by atoms with Crippen molar-refractivity contribution >= 4 is 15.5 Å². The monoisotopic (exact) mass is 287 g/mol. The first kappa shape index (κ1) is 15.6. The fourth-order valence-corrected chi connectivity index (χ4v) is 2.25. The van der Waals surface area contributed by atoms with Crippen LogP contribution in [-0.4, -0.2) is 32.6 Å². The van der Waals surface area contributed by atoms with Crippen LogP contribution in [0.4, 0.5) is 5.69 Å². The first-order chi connectivity index (χ1) is 8.67. The molecule has 0 aliphatic carbocycles. The number of ether oxygens (including phenoxy) is 2. The summed E-state index contributed by atoms with van der Waals surface area (Å²) in [6.07, 6.45) is 0. The van der Waals surface area contributed by atoms with Crippen LogP contribution in [-0.2, 0) is 9.84 Å². The third kappa shape index (κ3) is 4.02. The van der Waals surface area contributed by atoms with Crippen molar-refractivity contribution < 1.29 is 17.9 Å². The molecule has 1 rings (SSSR count). The molecule has 0 aliphatic rings. The van der Waals surface area contributed by atoms with Gasteiger partial charge < -0.3 is 15.2 Å². The van der Waals surface area contributed by atoms with E-state index in [2.05, 4.69) is 0 Å². The number of hydrogen-bond donors (Lipinski definition) is 1. The molecule has 0 radical (unpaired) electrons. The van der Waals surface area contributed by atoms with Gasteiger partial charge in [-0.25, -0.2) is 8.42 Å². The largest absolute Gasteiger partial charge is 0.497 e. The molecule has 0 saturated heterocycles. The lowest BCUT2D eigenvalue weighted by Gasteiger charge is -2.19. The van der Waals surface area contributed by atoms with E-state index in [-0.39, 0.29) is 12.4 Å². The lowest BCUT2D eigenvalue weighted by molar-refractivity contribution is 0.337. The number of anilines is 1. The van der Waals surface area contributed by atoms with E-state index in [1.165, 1.54) is 0 Å². The van der Waals surface area contributed by atoms with E-state index >= 15 is 0 Å². The highest BCUT2D eigenvalue weighted by Gasteiger charge is 2.28. The standard InChI is InChI=1S/C13H21NO4S/c1-13(2,3)19(15,16)8-7-18-12-9-10(17-4)5-6-11(12)14/h5-6,9H,7-8,14H2,1-4H3. The average Bonchev–Trinajstić information content (AvgIpc) is 2.30. The van der Waals surface area contributed by atoms with Gasteiger partial charge in [0.25, 0.3) is 0 Å². The molecule has 1 aromatic rings. The van der Waals surface area contributed by atoms with E-state index < -0.39 is 14.6 Å². The van der Waals surface area contributed by atoms with E-state index in [0.717, 1.165) is 0 Å². The number of hydrogen-bond acceptors (Lipinski definition) is 5. The molecule has 0 spiro atoms. The second-order valence-corrected chi connectivity index (χ2v) is 8.05. The maximum absolute atomic E-state index is 11.9. The smallest absolute Gasteiger partial charge is 0.158 e. The molecule has 2 N–H and O–H groups in total. The molecule has 0 unspecified atom stereocenters. The second kappa shape index (κ2) is 5.69. The Bertz CT molecular complexity index is 532. The molecule has 5 nitrogen and oxygen atoms in total. The Labute approximate surface area is 114 Å². The van der Waals surface area contributed by atoms with E-state index in [1.807, 2.05) is 0 Å². The molecule has 1 aromatic carbocycles. The van der Waals surface area contributed by atoms with Crippen LogP contribution in [0.15, 0.2) is 18.2 Å². The predicted octanol–water partition coefficient (Wildman–Crippen LogP) is 1.87. The number of nitrogen functional groups attached to an aromatic ring is 1. The van der Waals surface area contributed by atoms with E-state index in [1.54, 1.807) is 46.1 Å². The highest BCUT2D eigenvalue weighted by Crippen LogP contribution is 2.27. The molecule has 0 atom stereocenters. The minimum absolute atomic E-state index is 0.0485. The van der Waals surface area contributed by atoms with Gasteiger partial charge in [-0.3, -0.25) is 0 Å². The van der Waals surface area contributed by atoms with Crippen molar-refractivity contribution in [2.75, 3.05) is 25.2 Å². The van der Waals surface area contributed by atoms with Crippen LogP contribution in [0.25, 0.3) is 0 Å². The van der Waals surface area contributed by atoms with Crippen molar-refractivity contribution in [1.29, 1.82) is 0 Å². The van der Waals surface area contributed by atoms with E-state index in [9.17, 15) is 8.42 Å². The maximum atomic E-state index is 11.9. The van der Waals surface area contributed by atoms with Crippen molar-refractivity contribution in [3.63, 3.8) is 0 Å². The Hall–Kier alpha value is -1.43. The van der Waals surface area contributed by atoms with Gasteiger partial charge in [-0.2, -0.15) is 0 Å². The Morgan fingerprint density at radius 2 is 1.89 bits per heavy atom. The van der Waals surface area contributed by atoms with Gasteiger partial charge in [0.15, 0.2) is 9.84 Å². The summed E-state index contributed by atoms with van der Waals surface area (Å²) >= 11 is 0. The molecule has 0 aliphatic heterocycles. The Kier molecular flexibility index (Phi) is 4.68. The van der Waals surface area contributed by atoms with Crippen LogP contribution in [0, 0.1) is 0 Å². The average molecular weight is 287 g/mol. The van der Waals surface area contributed by atoms with Gasteiger partial charge in [0.1, 0.15) is 18.1 Å². The summed E-state index contributed by atoms with van der Waals surface area (Å²) in [4.78, 5) is 0. The van der Waals surface area contributed by atoms with Crippen LogP contribution in [0.5, 0.6) is 11.5 Å². The van der Waals surface area contributed by atoms with Crippen LogP contribution >= 0.6 is 0 Å². The third-order valence-electron chi connectivity index (χ3n) is 2.76. The van der Waals surface area contributed by atoms with Gasteiger partial charge in [0, 0.05) is 6.07 Å². The molecule has 0 heterocycles. The normalized spacial score (nSPS) is 12.2. The zero-order valence-corrected chi connectivity index (χ0v) is 12.6. The fourth-order valence-electron chi connectivity index (χ4n) is 1.33. The first-order valence-electron chi connectivity index (χ1n) is 5.96. The minimum atomic E-state index is -3.19. The van der Waals surface area contributed by atoms with Gasteiger partial charge in [-0.1, -0.05) is 0 Å². The van der Waals surface area contributed by atoms with E-state index in [0.29, 0.717) is 17.2 Å². The predicted molar refractivity (Wildman–Crippen MR) is 76.4 cm³/mol. The van der Waals surface area contributed by atoms with Crippen LogP contribution < -0.4 is 15.2 Å². The van der Waals surface area contributed by atoms with Gasteiger partial charge in [-0.15, -0.1) is 0 Å². The molecular formula is C13H21NO4S. The number of rotatable bonds is 5. The lowest BCUT2D eigenvalue weighted by atomic mass is 10.3. The quantitative estimate of drug-likeness (QED) is 0.836. The lowest BCUT2D eigenvalue weighted by Crippen LogP contribution is -2.32. The van der Waals surface area contributed by atoms with Crippen molar-refractivity contribution in [3.05, 3.63) is 18.2 Å². The van der Waals surface area contributed by atoms with Gasteiger partial charge >= 0.3 is 0 Å². The molecule has 0 amide bonds. The maximum Gasteiger partial charge on any atom is 0.158 e. The first-order valence-corrected chi connectivity index (χ1v) is 7.61. The summed E-state index contributed by atoms with van der Waals surface area (Å²) in [6.45, 7) is 5.07. The minimum Gasteiger partial charge on any atom is -0.497 e. The van der Waals surface area contributed by atoms with Gasteiger partial charge in [0.2, 0.25) is 0 Å². The molecule has 6 heteroatoms. The Morgan fingerprint density at radius 3 is 2.42 bits per heavy atom. The highest BCUT2D eigenvalue weighted by molar-refractivity contribution is 7.92. The summed E-state index contributed by atoms with van der Waals surface area (Å²) in [5, 5.41) is 0. The summed E-state index contributed by atoms with van der Waals surface area (Å²) < 4.78 is 33.5. The molecule has 0 aromatic heterocycles. The third-order valence-corrected chi connectivity index (χ3v) is 5.33. The molecule has 108 valence electrons. The molecule has 0 saturated carbocycles. The van der Waals surface area contributed by atoms with Gasteiger partial charge in [-0.05, 0) is 32.9 Å². The molecule has 0 fully saturated rings. The zero-order chi connectivity index (χ0) is 14.7. The second-order valence-electron chi connectivity index (χ2n) is 5.18. The van der Waals surface area contributed by atoms with Gasteiger partial charge in [0.05, 0.1) is 23.3 Å². The van der Waals surface area contributed by atoms with E-state index in [4.69, 9.17) is 15.2 Å².